The Bertz CT molecular complexity index is 568. The van der Waals surface area contributed by atoms with Gasteiger partial charge in [0.2, 0.25) is 5.89 Å². The Labute approximate surface area is 114 Å². The summed E-state index contributed by atoms with van der Waals surface area (Å²) in [5.74, 6) is 0.735. The van der Waals surface area contributed by atoms with E-state index in [1.54, 1.807) is 0 Å². The molecule has 0 amide bonds. The van der Waals surface area contributed by atoms with E-state index in [0.29, 0.717) is 18.3 Å². The lowest BCUT2D eigenvalue weighted by Gasteiger charge is -2.34. The molecule has 0 aliphatic heterocycles. The minimum absolute atomic E-state index is 0.227. The molecule has 4 heteroatoms. The van der Waals surface area contributed by atoms with E-state index in [-0.39, 0.29) is 5.41 Å². The zero-order valence-corrected chi connectivity index (χ0v) is 12.4. The average molecular weight is 261 g/mol. The molecule has 2 N–H and O–H groups in total. The Morgan fingerprint density at radius 2 is 2.05 bits per heavy atom. The van der Waals surface area contributed by atoms with Crippen LogP contribution >= 0.6 is 0 Å². The summed E-state index contributed by atoms with van der Waals surface area (Å²) in [6.45, 7) is 9.64. The number of benzene rings is 1. The van der Waals surface area contributed by atoms with E-state index in [1.807, 2.05) is 18.2 Å². The van der Waals surface area contributed by atoms with Crippen molar-refractivity contribution in [2.45, 2.75) is 40.3 Å². The highest BCUT2D eigenvalue weighted by molar-refractivity contribution is 5.76. The molecule has 0 saturated carbocycles. The largest absolute Gasteiger partial charge is 0.439 e. The van der Waals surface area contributed by atoms with Gasteiger partial charge in [-0.3, -0.25) is 4.90 Å². The Balaban J connectivity index is 2.17. The Morgan fingerprint density at radius 3 is 2.68 bits per heavy atom. The summed E-state index contributed by atoms with van der Waals surface area (Å²) in [5, 5.41) is 0. The molecule has 2 rings (SSSR count). The SMILES string of the molecule is CC(N(C)Cc1nc2ccc(N)cc2o1)C(C)(C)C. The lowest BCUT2D eigenvalue weighted by atomic mass is 9.87. The first-order chi connectivity index (χ1) is 8.77. The van der Waals surface area contributed by atoms with Crippen molar-refractivity contribution < 1.29 is 4.42 Å². The van der Waals surface area contributed by atoms with E-state index in [9.17, 15) is 0 Å². The predicted molar refractivity (Wildman–Crippen MR) is 78.8 cm³/mol. The molecule has 1 unspecified atom stereocenters. The zero-order valence-electron chi connectivity index (χ0n) is 12.4. The van der Waals surface area contributed by atoms with Crippen molar-refractivity contribution in [3.05, 3.63) is 24.1 Å². The monoisotopic (exact) mass is 261 g/mol. The molecule has 0 aliphatic rings. The molecular formula is C15H23N3O. The Kier molecular flexibility index (Phi) is 3.54. The molecular weight excluding hydrogens is 238 g/mol. The molecule has 2 aromatic rings. The number of hydrogen-bond donors (Lipinski definition) is 1. The van der Waals surface area contributed by atoms with Crippen LogP contribution < -0.4 is 5.73 Å². The number of rotatable bonds is 3. The fraction of sp³-hybridized carbons (Fsp3) is 0.533. The van der Waals surface area contributed by atoms with Gasteiger partial charge in [0.25, 0.3) is 0 Å². The second-order valence-electron chi connectivity index (χ2n) is 6.29. The highest BCUT2D eigenvalue weighted by Crippen LogP contribution is 2.25. The first-order valence-corrected chi connectivity index (χ1v) is 6.62. The van der Waals surface area contributed by atoms with E-state index in [1.165, 1.54) is 0 Å². The van der Waals surface area contributed by atoms with Crippen LogP contribution in [0, 0.1) is 5.41 Å². The number of nitrogens with zero attached hydrogens (tertiary/aromatic N) is 2. The fourth-order valence-electron chi connectivity index (χ4n) is 2.07. The minimum atomic E-state index is 0.227. The van der Waals surface area contributed by atoms with Crippen molar-refractivity contribution in [1.82, 2.24) is 9.88 Å². The van der Waals surface area contributed by atoms with Crippen molar-refractivity contribution in [2.75, 3.05) is 12.8 Å². The fourth-order valence-corrected chi connectivity index (χ4v) is 2.07. The van der Waals surface area contributed by atoms with Gasteiger partial charge in [0, 0.05) is 17.8 Å². The molecule has 1 aromatic carbocycles. The van der Waals surface area contributed by atoms with Gasteiger partial charge in [0.1, 0.15) is 5.52 Å². The minimum Gasteiger partial charge on any atom is -0.439 e. The molecule has 4 nitrogen and oxygen atoms in total. The summed E-state index contributed by atoms with van der Waals surface area (Å²) >= 11 is 0. The smallest absolute Gasteiger partial charge is 0.209 e. The molecule has 0 saturated heterocycles. The van der Waals surface area contributed by atoms with E-state index in [0.717, 1.165) is 17.0 Å². The maximum absolute atomic E-state index is 5.75. The maximum Gasteiger partial charge on any atom is 0.209 e. The average Bonchev–Trinajstić information content (AvgIpc) is 2.67. The van der Waals surface area contributed by atoms with Crippen LogP contribution in [0.2, 0.25) is 0 Å². The summed E-state index contributed by atoms with van der Waals surface area (Å²) in [5.41, 5.74) is 8.29. The number of nitrogens with two attached hydrogens (primary N) is 1. The van der Waals surface area contributed by atoms with Crippen LogP contribution in [-0.2, 0) is 6.54 Å². The van der Waals surface area contributed by atoms with Crippen molar-refractivity contribution >= 4 is 16.8 Å². The zero-order chi connectivity index (χ0) is 14.2. The highest BCUT2D eigenvalue weighted by atomic mass is 16.3. The van der Waals surface area contributed by atoms with Crippen LogP contribution in [0.25, 0.3) is 11.1 Å². The maximum atomic E-state index is 5.75. The third-order valence-electron chi connectivity index (χ3n) is 3.76. The van der Waals surface area contributed by atoms with Crippen LogP contribution in [0.5, 0.6) is 0 Å². The number of oxazole rings is 1. The standard InChI is InChI=1S/C15H23N3O/c1-10(15(2,3)4)18(5)9-14-17-12-7-6-11(16)8-13(12)19-14/h6-8,10H,9,16H2,1-5H3. The second kappa shape index (κ2) is 4.85. The topological polar surface area (TPSA) is 55.3 Å². The number of fused-ring (bicyclic) bond motifs is 1. The number of nitrogen functional groups attached to an aromatic ring is 1. The van der Waals surface area contributed by atoms with Gasteiger partial charge in [-0.25, -0.2) is 4.98 Å². The van der Waals surface area contributed by atoms with Gasteiger partial charge in [-0.15, -0.1) is 0 Å². The van der Waals surface area contributed by atoms with Gasteiger partial charge in [0.15, 0.2) is 5.58 Å². The van der Waals surface area contributed by atoms with Crippen LogP contribution in [0.15, 0.2) is 22.6 Å². The lowest BCUT2D eigenvalue weighted by Crippen LogP contribution is -2.38. The summed E-state index contributed by atoms with van der Waals surface area (Å²) in [7, 11) is 2.10. The van der Waals surface area contributed by atoms with Crippen LogP contribution in [0.4, 0.5) is 5.69 Å². The summed E-state index contributed by atoms with van der Waals surface area (Å²) < 4.78 is 5.75. The quantitative estimate of drug-likeness (QED) is 0.861. The molecule has 1 aromatic heterocycles. The van der Waals surface area contributed by atoms with Crippen molar-refractivity contribution in [2.24, 2.45) is 5.41 Å². The van der Waals surface area contributed by atoms with E-state index in [2.05, 4.69) is 44.6 Å². The van der Waals surface area contributed by atoms with Crippen LogP contribution in [-0.4, -0.2) is 23.0 Å². The second-order valence-corrected chi connectivity index (χ2v) is 6.29. The van der Waals surface area contributed by atoms with Crippen LogP contribution in [0.3, 0.4) is 0 Å². The summed E-state index contributed by atoms with van der Waals surface area (Å²) in [6.07, 6.45) is 0. The van der Waals surface area contributed by atoms with Gasteiger partial charge >= 0.3 is 0 Å². The van der Waals surface area contributed by atoms with Crippen molar-refractivity contribution in [3.8, 4) is 0 Å². The number of aromatic nitrogens is 1. The molecule has 19 heavy (non-hydrogen) atoms. The Morgan fingerprint density at radius 1 is 1.37 bits per heavy atom. The molecule has 0 bridgehead atoms. The summed E-state index contributed by atoms with van der Waals surface area (Å²) in [6, 6.07) is 5.99. The lowest BCUT2D eigenvalue weighted by molar-refractivity contribution is 0.125. The first kappa shape index (κ1) is 13.9. The van der Waals surface area contributed by atoms with Crippen molar-refractivity contribution in [1.29, 1.82) is 0 Å². The van der Waals surface area contributed by atoms with Gasteiger partial charge in [0.05, 0.1) is 6.54 Å². The van der Waals surface area contributed by atoms with E-state index in [4.69, 9.17) is 10.2 Å². The van der Waals surface area contributed by atoms with Gasteiger partial charge < -0.3 is 10.2 Å². The van der Waals surface area contributed by atoms with Gasteiger partial charge in [-0.05, 0) is 31.5 Å². The number of hydrogen-bond acceptors (Lipinski definition) is 4. The molecule has 0 fully saturated rings. The third kappa shape index (κ3) is 3.07. The van der Waals surface area contributed by atoms with Crippen LogP contribution in [0.1, 0.15) is 33.6 Å². The molecule has 0 aliphatic carbocycles. The predicted octanol–water partition coefficient (Wildman–Crippen LogP) is 3.28. The third-order valence-corrected chi connectivity index (χ3v) is 3.76. The normalized spacial score (nSPS) is 14.2. The molecule has 0 radical (unpaired) electrons. The van der Waals surface area contributed by atoms with E-state index < -0.39 is 0 Å². The molecule has 1 atom stereocenters. The first-order valence-electron chi connectivity index (χ1n) is 6.62. The Hall–Kier alpha value is -1.55. The molecule has 0 spiro atoms. The van der Waals surface area contributed by atoms with Gasteiger partial charge in [-0.1, -0.05) is 20.8 Å². The van der Waals surface area contributed by atoms with Crippen molar-refractivity contribution in [3.63, 3.8) is 0 Å². The van der Waals surface area contributed by atoms with Gasteiger partial charge in [-0.2, -0.15) is 0 Å². The molecule has 104 valence electrons. The summed E-state index contributed by atoms with van der Waals surface area (Å²) in [4.78, 5) is 6.75. The van der Waals surface area contributed by atoms with E-state index >= 15 is 0 Å². The number of anilines is 1. The molecule has 1 heterocycles. The highest BCUT2D eigenvalue weighted by Gasteiger charge is 2.24.